The molecule has 19 heavy (non-hydrogen) atoms. The first-order valence-electron chi connectivity index (χ1n) is 7.35. The van der Waals surface area contributed by atoms with Crippen LogP contribution < -0.4 is 5.19 Å². The van der Waals surface area contributed by atoms with E-state index in [1.807, 2.05) is 6.08 Å². The van der Waals surface area contributed by atoms with Gasteiger partial charge in [-0.15, -0.1) is 0 Å². The smallest absolute Gasteiger partial charge is 0.0392 e. The molecule has 0 saturated carbocycles. The molecule has 0 spiro atoms. The van der Waals surface area contributed by atoms with Crippen LogP contribution >= 0.6 is 0 Å². The first-order chi connectivity index (χ1) is 9.15. The summed E-state index contributed by atoms with van der Waals surface area (Å²) in [5, 5.41) is 1.46. The second-order valence-electron chi connectivity index (χ2n) is 5.47. The Morgan fingerprint density at radius 1 is 1.32 bits per heavy atom. The normalized spacial score (nSPS) is 19.5. The zero-order valence-electron chi connectivity index (χ0n) is 12.5. The lowest BCUT2D eigenvalue weighted by Crippen LogP contribution is -2.46. The fourth-order valence-corrected chi connectivity index (χ4v) is 3.57. The summed E-state index contributed by atoms with van der Waals surface area (Å²) in [7, 11) is 1.09. The topological polar surface area (TPSA) is 6.48 Å². The molecule has 0 aliphatic carbocycles. The summed E-state index contributed by atoms with van der Waals surface area (Å²) in [5.74, 6) is 0. The number of hydrogen-bond donors (Lipinski definition) is 0. The van der Waals surface area contributed by atoms with Crippen LogP contribution in [0.1, 0.15) is 31.0 Å². The molecule has 104 valence electrons. The van der Waals surface area contributed by atoms with E-state index in [0.717, 1.165) is 10.2 Å². The summed E-state index contributed by atoms with van der Waals surface area (Å²) in [6, 6.07) is 7.41. The highest BCUT2D eigenvalue weighted by Crippen LogP contribution is 2.21. The van der Waals surface area contributed by atoms with Crippen LogP contribution in [0.3, 0.4) is 0 Å². The third kappa shape index (κ3) is 3.35. The van der Waals surface area contributed by atoms with Gasteiger partial charge in [0.05, 0.1) is 0 Å². The predicted octanol–water partition coefficient (Wildman–Crippen LogP) is 1.02. The molecule has 1 fully saturated rings. The summed E-state index contributed by atoms with van der Waals surface area (Å²) in [4.78, 5) is 5.14. The lowest BCUT2D eigenvalue weighted by Gasteiger charge is -2.38. The fraction of sp³-hybridized carbons (Fsp3) is 0.500. The van der Waals surface area contributed by atoms with Crippen molar-refractivity contribution in [3.05, 3.63) is 35.9 Å². The van der Waals surface area contributed by atoms with Crippen molar-refractivity contribution in [2.75, 3.05) is 32.7 Å². The van der Waals surface area contributed by atoms with Crippen molar-refractivity contribution in [2.24, 2.45) is 0 Å². The quantitative estimate of drug-likeness (QED) is 0.757. The molecular weight excluding hydrogens is 248 g/mol. The first kappa shape index (κ1) is 14.5. The highest BCUT2D eigenvalue weighted by molar-refractivity contribution is 6.34. The maximum atomic E-state index is 3.88. The molecule has 0 radical (unpaired) electrons. The van der Waals surface area contributed by atoms with Gasteiger partial charge in [0.2, 0.25) is 0 Å². The lowest BCUT2D eigenvalue weighted by molar-refractivity contribution is 0.106. The molecule has 1 saturated heterocycles. The van der Waals surface area contributed by atoms with Crippen molar-refractivity contribution >= 4 is 21.5 Å². The second-order valence-corrected chi connectivity index (χ2v) is 6.54. The average molecular weight is 274 g/mol. The van der Waals surface area contributed by atoms with E-state index in [4.69, 9.17) is 0 Å². The number of nitrogens with zero attached hydrogens (tertiary/aromatic N) is 2. The Hall–Kier alpha value is -0.903. The van der Waals surface area contributed by atoms with Gasteiger partial charge in [-0.3, -0.25) is 4.90 Å². The van der Waals surface area contributed by atoms with Gasteiger partial charge in [0.1, 0.15) is 0 Å². The molecule has 0 N–H and O–H groups in total. The number of rotatable bonds is 4. The SMILES string of the molecule is C=Cc1ccc(C(C)N2CCN(CC)CC2)cc1[SiH3]. The average Bonchev–Trinajstić information content (AvgIpc) is 2.46. The van der Waals surface area contributed by atoms with E-state index in [-0.39, 0.29) is 0 Å². The third-order valence-corrected chi connectivity index (χ3v) is 5.26. The van der Waals surface area contributed by atoms with Crippen molar-refractivity contribution < 1.29 is 0 Å². The van der Waals surface area contributed by atoms with Gasteiger partial charge >= 0.3 is 0 Å². The third-order valence-electron chi connectivity index (χ3n) is 4.40. The molecule has 3 heteroatoms. The van der Waals surface area contributed by atoms with Crippen LogP contribution in [0.25, 0.3) is 6.08 Å². The minimum Gasteiger partial charge on any atom is -0.301 e. The number of hydrogen-bond acceptors (Lipinski definition) is 2. The maximum Gasteiger partial charge on any atom is 0.0392 e. The van der Waals surface area contributed by atoms with Crippen molar-refractivity contribution in [1.82, 2.24) is 9.80 Å². The van der Waals surface area contributed by atoms with Crippen LogP contribution in [0.5, 0.6) is 0 Å². The summed E-state index contributed by atoms with van der Waals surface area (Å²) in [6.45, 7) is 14.4. The molecule has 1 aromatic rings. The van der Waals surface area contributed by atoms with Gasteiger partial charge in [-0.1, -0.05) is 43.0 Å². The van der Waals surface area contributed by atoms with E-state index in [2.05, 4.69) is 48.4 Å². The summed E-state index contributed by atoms with van der Waals surface area (Å²) < 4.78 is 0. The van der Waals surface area contributed by atoms with Crippen molar-refractivity contribution in [2.45, 2.75) is 19.9 Å². The van der Waals surface area contributed by atoms with Gasteiger partial charge < -0.3 is 4.90 Å². The molecular formula is C16H26N2Si. The van der Waals surface area contributed by atoms with Gasteiger partial charge in [-0.2, -0.15) is 0 Å². The van der Waals surface area contributed by atoms with E-state index in [1.54, 1.807) is 0 Å². The molecule has 0 aromatic heterocycles. The molecule has 1 aliphatic rings. The van der Waals surface area contributed by atoms with Crippen molar-refractivity contribution in [3.8, 4) is 0 Å². The molecule has 1 atom stereocenters. The Morgan fingerprint density at radius 2 is 2.00 bits per heavy atom. The van der Waals surface area contributed by atoms with E-state index >= 15 is 0 Å². The van der Waals surface area contributed by atoms with Crippen molar-refractivity contribution in [3.63, 3.8) is 0 Å². The molecule has 1 aromatic carbocycles. The highest BCUT2D eigenvalue weighted by atomic mass is 28.1. The molecule has 1 aliphatic heterocycles. The Balaban J connectivity index is 2.05. The lowest BCUT2D eigenvalue weighted by atomic mass is 10.0. The van der Waals surface area contributed by atoms with E-state index in [1.165, 1.54) is 49.0 Å². The molecule has 1 unspecified atom stereocenters. The van der Waals surface area contributed by atoms with Crippen LogP contribution in [0.4, 0.5) is 0 Å². The van der Waals surface area contributed by atoms with Crippen LogP contribution in [0.15, 0.2) is 24.8 Å². The fourth-order valence-electron chi connectivity index (χ4n) is 2.87. The largest absolute Gasteiger partial charge is 0.301 e. The van der Waals surface area contributed by atoms with E-state index < -0.39 is 0 Å². The Morgan fingerprint density at radius 3 is 2.53 bits per heavy atom. The molecule has 0 amide bonds. The second kappa shape index (κ2) is 6.50. The maximum absolute atomic E-state index is 3.88. The van der Waals surface area contributed by atoms with Crippen LogP contribution in [-0.2, 0) is 0 Å². The molecule has 1 heterocycles. The van der Waals surface area contributed by atoms with Gasteiger partial charge in [-0.25, -0.2) is 0 Å². The van der Waals surface area contributed by atoms with E-state index in [9.17, 15) is 0 Å². The van der Waals surface area contributed by atoms with Gasteiger partial charge in [0, 0.05) is 42.5 Å². The Labute approximate surface area is 120 Å². The van der Waals surface area contributed by atoms with Crippen LogP contribution in [0.2, 0.25) is 0 Å². The molecule has 2 rings (SSSR count). The Kier molecular flexibility index (Phi) is 4.97. The van der Waals surface area contributed by atoms with Gasteiger partial charge in [-0.05, 0) is 24.6 Å². The summed E-state index contributed by atoms with van der Waals surface area (Å²) in [6.07, 6.45) is 1.97. The zero-order valence-corrected chi connectivity index (χ0v) is 14.5. The van der Waals surface area contributed by atoms with Crippen LogP contribution in [-0.4, -0.2) is 52.8 Å². The highest BCUT2D eigenvalue weighted by Gasteiger charge is 2.21. The summed E-state index contributed by atoms with van der Waals surface area (Å²) >= 11 is 0. The standard InChI is InChI=1S/C16H26N2Si/c1-4-14-6-7-15(12-16(14)19)13(3)18-10-8-17(5-2)9-11-18/h4,6-7,12-13H,1,5,8-11H2,2-3,19H3. The predicted molar refractivity (Wildman–Crippen MR) is 88.2 cm³/mol. The van der Waals surface area contributed by atoms with Gasteiger partial charge in [0.15, 0.2) is 0 Å². The van der Waals surface area contributed by atoms with Gasteiger partial charge in [0.25, 0.3) is 0 Å². The number of piperazine rings is 1. The minimum atomic E-state index is 0.533. The number of likely N-dealkylation sites (N-methyl/N-ethyl adjacent to an activating group) is 1. The van der Waals surface area contributed by atoms with Crippen molar-refractivity contribution in [1.29, 1.82) is 0 Å². The zero-order chi connectivity index (χ0) is 13.8. The monoisotopic (exact) mass is 274 g/mol. The van der Waals surface area contributed by atoms with Crippen LogP contribution in [0, 0.1) is 0 Å². The Bertz CT molecular complexity index is 436. The molecule has 0 bridgehead atoms. The number of benzene rings is 1. The molecule has 2 nitrogen and oxygen atoms in total. The first-order valence-corrected chi connectivity index (χ1v) is 8.35. The minimum absolute atomic E-state index is 0.533. The van der Waals surface area contributed by atoms with E-state index in [0.29, 0.717) is 6.04 Å². The summed E-state index contributed by atoms with van der Waals surface area (Å²) in [5.41, 5.74) is 2.76.